The molecule has 0 saturated carbocycles. The van der Waals surface area contributed by atoms with E-state index in [2.05, 4.69) is 20.5 Å². The van der Waals surface area contributed by atoms with Crippen LogP contribution in [0.5, 0.6) is 0 Å². The van der Waals surface area contributed by atoms with Gasteiger partial charge in [-0.25, -0.2) is 9.67 Å². The van der Waals surface area contributed by atoms with Gasteiger partial charge in [-0.3, -0.25) is 4.79 Å². The molecule has 0 unspecified atom stereocenters. The number of fused-ring (bicyclic) bond motifs is 1. The predicted molar refractivity (Wildman–Crippen MR) is 63.6 cm³/mol. The van der Waals surface area contributed by atoms with Crippen LogP contribution in [0.15, 0.2) is 39.2 Å². The smallest absolute Gasteiger partial charge is 0.325 e. The molecule has 3 aromatic rings. The molecule has 1 N–H and O–H groups in total. The minimum absolute atomic E-state index is 0.295. The van der Waals surface area contributed by atoms with Gasteiger partial charge in [0.05, 0.1) is 11.6 Å². The van der Waals surface area contributed by atoms with E-state index in [4.69, 9.17) is 9.52 Å². The summed E-state index contributed by atoms with van der Waals surface area (Å²) < 4.78 is 6.47. The highest BCUT2D eigenvalue weighted by molar-refractivity contribution is 7.99. The number of carboxylic acids is 1. The highest BCUT2D eigenvalue weighted by Crippen LogP contribution is 2.30. The molecular weight excluding hydrogens is 270 g/mol. The highest BCUT2D eigenvalue weighted by Gasteiger charge is 2.14. The minimum Gasteiger partial charge on any atom is -0.480 e. The van der Waals surface area contributed by atoms with Crippen LogP contribution in [-0.4, -0.2) is 36.3 Å². The van der Waals surface area contributed by atoms with Crippen molar-refractivity contribution in [3.63, 3.8) is 0 Å². The van der Waals surface area contributed by atoms with Crippen molar-refractivity contribution in [1.82, 2.24) is 25.2 Å². The van der Waals surface area contributed by atoms with E-state index in [0.29, 0.717) is 15.8 Å². The molecule has 0 atom stereocenters. The summed E-state index contributed by atoms with van der Waals surface area (Å²) in [6.07, 6.45) is 3.18. The van der Waals surface area contributed by atoms with E-state index in [1.54, 1.807) is 24.6 Å². The van der Waals surface area contributed by atoms with Crippen molar-refractivity contribution in [2.45, 2.75) is 16.7 Å². The average molecular weight is 277 g/mol. The van der Waals surface area contributed by atoms with Gasteiger partial charge < -0.3 is 9.52 Å². The topological polar surface area (TPSA) is 107 Å². The standard InChI is InChI=1S/C10H7N5O3S/c16-8(17)5-15-10(12-13-14-15)19-9-6-2-4-18-7(6)1-3-11-9/h1-4H,5H2,(H,16,17). The zero-order chi connectivity index (χ0) is 13.2. The second-order valence-electron chi connectivity index (χ2n) is 3.56. The third kappa shape index (κ3) is 2.27. The molecule has 0 fully saturated rings. The Hall–Kier alpha value is -2.42. The maximum absolute atomic E-state index is 10.7. The second-order valence-corrected chi connectivity index (χ2v) is 4.52. The first-order valence-electron chi connectivity index (χ1n) is 5.22. The zero-order valence-electron chi connectivity index (χ0n) is 9.42. The van der Waals surface area contributed by atoms with Gasteiger partial charge in [0, 0.05) is 6.20 Å². The summed E-state index contributed by atoms with van der Waals surface area (Å²) in [6.45, 7) is -0.295. The SMILES string of the molecule is O=C(O)Cn1nnnc1Sc1nccc2occc12. The van der Waals surface area contributed by atoms with E-state index in [-0.39, 0.29) is 6.54 Å². The molecule has 0 aliphatic carbocycles. The number of carbonyl (C=O) groups is 1. The molecule has 0 aromatic carbocycles. The Morgan fingerprint density at radius 3 is 3.21 bits per heavy atom. The maximum atomic E-state index is 10.7. The Kier molecular flexibility index (Phi) is 2.88. The van der Waals surface area contributed by atoms with Crippen LogP contribution in [0.3, 0.4) is 0 Å². The molecule has 3 aromatic heterocycles. The van der Waals surface area contributed by atoms with Gasteiger partial charge in [-0.05, 0) is 34.3 Å². The molecule has 19 heavy (non-hydrogen) atoms. The number of furan rings is 1. The summed E-state index contributed by atoms with van der Waals surface area (Å²) in [5, 5.41) is 21.5. The van der Waals surface area contributed by atoms with Crippen molar-refractivity contribution >= 4 is 28.7 Å². The van der Waals surface area contributed by atoms with E-state index in [1.165, 1.54) is 16.4 Å². The van der Waals surface area contributed by atoms with Crippen molar-refractivity contribution in [2.24, 2.45) is 0 Å². The third-order valence-corrected chi connectivity index (χ3v) is 3.31. The van der Waals surface area contributed by atoms with E-state index >= 15 is 0 Å². The lowest BCUT2D eigenvalue weighted by Gasteiger charge is -2.01. The Morgan fingerprint density at radius 2 is 2.37 bits per heavy atom. The lowest BCUT2D eigenvalue weighted by atomic mass is 10.3. The van der Waals surface area contributed by atoms with Crippen molar-refractivity contribution in [1.29, 1.82) is 0 Å². The van der Waals surface area contributed by atoms with E-state index < -0.39 is 5.97 Å². The van der Waals surface area contributed by atoms with Crippen molar-refractivity contribution in [3.05, 3.63) is 24.6 Å². The van der Waals surface area contributed by atoms with Gasteiger partial charge in [0.25, 0.3) is 0 Å². The Balaban J connectivity index is 1.95. The van der Waals surface area contributed by atoms with Crippen LogP contribution in [0, 0.1) is 0 Å². The molecule has 0 saturated heterocycles. The van der Waals surface area contributed by atoms with Gasteiger partial charge in [-0.15, -0.1) is 5.10 Å². The van der Waals surface area contributed by atoms with Crippen LogP contribution in [0.4, 0.5) is 0 Å². The number of nitrogens with zero attached hydrogens (tertiary/aromatic N) is 5. The molecule has 0 bridgehead atoms. The fraction of sp³-hybridized carbons (Fsp3) is 0.100. The van der Waals surface area contributed by atoms with Crippen LogP contribution in [0.2, 0.25) is 0 Å². The summed E-state index contributed by atoms with van der Waals surface area (Å²) in [6, 6.07) is 3.54. The molecule has 0 radical (unpaired) electrons. The summed E-state index contributed by atoms with van der Waals surface area (Å²) in [5.74, 6) is -1.01. The first-order valence-corrected chi connectivity index (χ1v) is 6.04. The minimum atomic E-state index is -1.01. The Labute approximate surface area is 110 Å². The van der Waals surface area contributed by atoms with Crippen molar-refractivity contribution in [3.8, 4) is 0 Å². The summed E-state index contributed by atoms with van der Waals surface area (Å²) in [7, 11) is 0. The van der Waals surface area contributed by atoms with Crippen LogP contribution in [0.25, 0.3) is 11.0 Å². The normalized spacial score (nSPS) is 10.9. The number of pyridine rings is 1. The first-order chi connectivity index (χ1) is 9.24. The van der Waals surface area contributed by atoms with Gasteiger partial charge in [0.2, 0.25) is 5.16 Å². The van der Waals surface area contributed by atoms with Crippen LogP contribution < -0.4 is 0 Å². The van der Waals surface area contributed by atoms with E-state index in [0.717, 1.165) is 5.39 Å². The number of hydrogen-bond donors (Lipinski definition) is 1. The summed E-state index contributed by atoms with van der Waals surface area (Å²) >= 11 is 1.19. The molecule has 0 aliphatic rings. The molecule has 9 heteroatoms. The van der Waals surface area contributed by atoms with Gasteiger partial charge in [-0.1, -0.05) is 0 Å². The molecule has 0 aliphatic heterocycles. The van der Waals surface area contributed by atoms with Crippen LogP contribution in [0.1, 0.15) is 0 Å². The highest BCUT2D eigenvalue weighted by atomic mass is 32.2. The second kappa shape index (κ2) is 4.69. The van der Waals surface area contributed by atoms with Gasteiger partial charge in [-0.2, -0.15) is 0 Å². The van der Waals surface area contributed by atoms with Crippen molar-refractivity contribution in [2.75, 3.05) is 0 Å². The average Bonchev–Trinajstić information content (AvgIpc) is 2.99. The first kappa shape index (κ1) is 11.7. The predicted octanol–water partition coefficient (Wildman–Crippen LogP) is 1.05. The fourth-order valence-electron chi connectivity index (χ4n) is 1.53. The zero-order valence-corrected chi connectivity index (χ0v) is 10.2. The number of aliphatic carboxylic acids is 1. The van der Waals surface area contributed by atoms with E-state index in [1.807, 2.05) is 0 Å². The van der Waals surface area contributed by atoms with Gasteiger partial charge in [0.15, 0.2) is 0 Å². The molecule has 3 heterocycles. The number of aromatic nitrogens is 5. The molecule has 0 amide bonds. The molecule has 96 valence electrons. The molecule has 0 spiro atoms. The lowest BCUT2D eigenvalue weighted by molar-refractivity contribution is -0.138. The number of carboxylic acid groups (broad SMARTS) is 1. The molecule has 3 rings (SSSR count). The lowest BCUT2D eigenvalue weighted by Crippen LogP contribution is -2.11. The fourth-order valence-corrected chi connectivity index (χ4v) is 2.38. The van der Waals surface area contributed by atoms with E-state index in [9.17, 15) is 4.79 Å². The molecule has 8 nitrogen and oxygen atoms in total. The Morgan fingerprint density at radius 1 is 1.47 bits per heavy atom. The Bertz CT molecular complexity index is 737. The number of rotatable bonds is 4. The quantitative estimate of drug-likeness (QED) is 0.754. The van der Waals surface area contributed by atoms with Gasteiger partial charge >= 0.3 is 5.97 Å². The number of tetrazole rings is 1. The summed E-state index contributed by atoms with van der Waals surface area (Å²) in [4.78, 5) is 14.9. The van der Waals surface area contributed by atoms with Crippen LogP contribution in [-0.2, 0) is 11.3 Å². The largest absolute Gasteiger partial charge is 0.480 e. The maximum Gasteiger partial charge on any atom is 0.325 e. The van der Waals surface area contributed by atoms with Gasteiger partial charge in [0.1, 0.15) is 17.2 Å². The number of hydrogen-bond acceptors (Lipinski definition) is 7. The van der Waals surface area contributed by atoms with Crippen molar-refractivity contribution < 1.29 is 14.3 Å². The van der Waals surface area contributed by atoms with Crippen LogP contribution >= 0.6 is 11.8 Å². The summed E-state index contributed by atoms with van der Waals surface area (Å²) in [5.41, 5.74) is 0.703. The monoisotopic (exact) mass is 277 g/mol. The third-order valence-electron chi connectivity index (χ3n) is 2.32. The molecular formula is C10H7N5O3S.